The normalized spacial score (nSPS) is 11.3. The summed E-state index contributed by atoms with van der Waals surface area (Å²) >= 11 is 17.1. The molecule has 4 nitrogen and oxygen atoms in total. The van der Waals surface area contributed by atoms with Gasteiger partial charge < -0.3 is 0 Å². The highest BCUT2D eigenvalue weighted by molar-refractivity contribution is 7.92. The van der Waals surface area contributed by atoms with E-state index >= 15 is 0 Å². The number of aromatic nitrogens is 1. The summed E-state index contributed by atoms with van der Waals surface area (Å²) in [6.07, 6.45) is 0. The van der Waals surface area contributed by atoms with E-state index in [0.29, 0.717) is 10.7 Å². The molecule has 2 rings (SSSR count). The van der Waals surface area contributed by atoms with E-state index in [1.165, 1.54) is 24.3 Å². The minimum Gasteiger partial charge on any atom is -0.280 e. The second kappa shape index (κ2) is 5.54. The first-order valence-corrected chi connectivity index (χ1v) is 7.60. The summed E-state index contributed by atoms with van der Waals surface area (Å²) in [6.45, 7) is 0. The molecule has 1 heterocycles. The minimum absolute atomic E-state index is 0.121. The van der Waals surface area contributed by atoms with E-state index in [4.69, 9.17) is 34.8 Å². The summed E-state index contributed by atoms with van der Waals surface area (Å²) in [7, 11) is -3.82. The predicted octanol–water partition coefficient (Wildman–Crippen LogP) is 3.84. The van der Waals surface area contributed by atoms with Gasteiger partial charge in [0.25, 0.3) is 10.0 Å². The van der Waals surface area contributed by atoms with Crippen LogP contribution in [0.4, 0.5) is 5.69 Å². The van der Waals surface area contributed by atoms with E-state index < -0.39 is 10.0 Å². The fourth-order valence-corrected chi connectivity index (χ4v) is 3.17. The van der Waals surface area contributed by atoms with Crippen molar-refractivity contribution in [3.8, 4) is 0 Å². The second-order valence-electron chi connectivity index (χ2n) is 3.54. The quantitative estimate of drug-likeness (QED) is 0.866. The monoisotopic (exact) mass is 336 g/mol. The number of halogens is 3. The van der Waals surface area contributed by atoms with E-state index in [1.54, 1.807) is 12.1 Å². The lowest BCUT2D eigenvalue weighted by molar-refractivity contribution is 0.601. The van der Waals surface area contributed by atoms with Gasteiger partial charge in [-0.2, -0.15) is 0 Å². The van der Waals surface area contributed by atoms with Gasteiger partial charge in [-0.25, -0.2) is 13.4 Å². The molecule has 2 aromatic rings. The summed E-state index contributed by atoms with van der Waals surface area (Å²) in [5.74, 6) is 0. The van der Waals surface area contributed by atoms with Gasteiger partial charge >= 0.3 is 0 Å². The number of hydrogen-bond donors (Lipinski definition) is 1. The highest BCUT2D eigenvalue weighted by Crippen LogP contribution is 2.24. The van der Waals surface area contributed by atoms with Gasteiger partial charge in [0.2, 0.25) is 0 Å². The molecule has 1 aromatic heterocycles. The lowest BCUT2D eigenvalue weighted by atomic mass is 10.3. The van der Waals surface area contributed by atoms with Gasteiger partial charge in [-0.1, -0.05) is 34.8 Å². The molecule has 0 fully saturated rings. The van der Waals surface area contributed by atoms with Gasteiger partial charge in [0.15, 0.2) is 5.15 Å². The van der Waals surface area contributed by atoms with Crippen LogP contribution in [-0.2, 0) is 10.0 Å². The van der Waals surface area contributed by atoms with Crippen LogP contribution in [0.5, 0.6) is 0 Å². The lowest BCUT2D eigenvalue weighted by Gasteiger charge is -2.09. The van der Waals surface area contributed by atoms with Crippen molar-refractivity contribution in [2.45, 2.75) is 4.90 Å². The molecule has 0 spiro atoms. The third-order valence-corrected chi connectivity index (χ3v) is 4.44. The molecule has 8 heteroatoms. The smallest absolute Gasteiger partial charge is 0.264 e. The standard InChI is InChI=1S/C11H7Cl3N2O2S/c12-7-1-3-8(4-2-7)16-19(17,18)9-5-6-10(13)15-11(9)14/h1-6,16H. The van der Waals surface area contributed by atoms with E-state index in [1.807, 2.05) is 0 Å². The Bertz CT molecular complexity index is 702. The SMILES string of the molecule is O=S(=O)(Nc1ccc(Cl)cc1)c1ccc(Cl)nc1Cl. The third kappa shape index (κ3) is 3.51. The molecule has 0 bridgehead atoms. The zero-order valence-corrected chi connectivity index (χ0v) is 12.4. The Morgan fingerprint density at radius 2 is 1.58 bits per heavy atom. The van der Waals surface area contributed by atoms with Gasteiger partial charge in [0.05, 0.1) is 0 Å². The zero-order chi connectivity index (χ0) is 14.0. The number of pyridine rings is 1. The van der Waals surface area contributed by atoms with Crippen LogP contribution in [0.3, 0.4) is 0 Å². The largest absolute Gasteiger partial charge is 0.280 e. The fraction of sp³-hybridized carbons (Fsp3) is 0. The molecule has 0 saturated carbocycles. The minimum atomic E-state index is -3.82. The molecule has 100 valence electrons. The lowest BCUT2D eigenvalue weighted by Crippen LogP contribution is -2.13. The molecule has 0 amide bonds. The molecule has 0 aliphatic rings. The summed E-state index contributed by atoms with van der Waals surface area (Å²) in [5, 5.41) is 0.443. The summed E-state index contributed by atoms with van der Waals surface area (Å²) in [6, 6.07) is 8.86. The van der Waals surface area contributed by atoms with Crippen LogP contribution in [0.1, 0.15) is 0 Å². The first-order valence-electron chi connectivity index (χ1n) is 4.99. The number of nitrogens with one attached hydrogen (secondary N) is 1. The van der Waals surface area contributed by atoms with Crippen LogP contribution in [0.2, 0.25) is 15.3 Å². The first-order chi connectivity index (χ1) is 8.88. The molecule has 19 heavy (non-hydrogen) atoms. The average Bonchev–Trinajstić information content (AvgIpc) is 2.31. The van der Waals surface area contributed by atoms with Crippen LogP contribution in [0, 0.1) is 0 Å². The number of sulfonamides is 1. The van der Waals surface area contributed by atoms with Gasteiger partial charge in [0.1, 0.15) is 10.0 Å². The Morgan fingerprint density at radius 3 is 2.16 bits per heavy atom. The zero-order valence-electron chi connectivity index (χ0n) is 9.27. The maximum absolute atomic E-state index is 12.1. The number of hydrogen-bond acceptors (Lipinski definition) is 3. The van der Waals surface area contributed by atoms with Crippen molar-refractivity contribution in [2.75, 3.05) is 4.72 Å². The summed E-state index contributed by atoms with van der Waals surface area (Å²) < 4.78 is 26.6. The highest BCUT2D eigenvalue weighted by atomic mass is 35.5. The maximum Gasteiger partial charge on any atom is 0.264 e. The van der Waals surface area contributed by atoms with Crippen LogP contribution < -0.4 is 4.72 Å². The average molecular weight is 338 g/mol. The van der Waals surface area contributed by atoms with Crippen molar-refractivity contribution in [3.05, 3.63) is 51.7 Å². The predicted molar refractivity (Wildman–Crippen MR) is 76.5 cm³/mol. The Kier molecular flexibility index (Phi) is 4.20. The molecule has 1 aromatic carbocycles. The third-order valence-electron chi connectivity index (χ3n) is 2.17. The van der Waals surface area contributed by atoms with Crippen molar-refractivity contribution in [1.29, 1.82) is 0 Å². The Morgan fingerprint density at radius 1 is 0.947 bits per heavy atom. The number of anilines is 1. The summed E-state index contributed by atoms with van der Waals surface area (Å²) in [5.41, 5.74) is 0.371. The van der Waals surface area contributed by atoms with E-state index in [0.717, 1.165) is 0 Å². The van der Waals surface area contributed by atoms with Gasteiger partial charge in [-0.3, -0.25) is 4.72 Å². The molecule has 0 radical (unpaired) electrons. The Hall–Kier alpha value is -1.01. The van der Waals surface area contributed by atoms with Crippen molar-refractivity contribution >= 4 is 50.5 Å². The van der Waals surface area contributed by atoms with E-state index in [-0.39, 0.29) is 15.2 Å². The van der Waals surface area contributed by atoms with E-state index in [2.05, 4.69) is 9.71 Å². The van der Waals surface area contributed by atoms with Crippen LogP contribution >= 0.6 is 34.8 Å². The topological polar surface area (TPSA) is 59.1 Å². The van der Waals surface area contributed by atoms with Crippen LogP contribution in [-0.4, -0.2) is 13.4 Å². The molecule has 0 aliphatic heterocycles. The van der Waals surface area contributed by atoms with Gasteiger partial charge in [-0.05, 0) is 36.4 Å². The summed E-state index contributed by atoms with van der Waals surface area (Å²) in [4.78, 5) is 3.54. The number of nitrogens with zero attached hydrogens (tertiary/aromatic N) is 1. The van der Waals surface area contributed by atoms with Crippen molar-refractivity contribution in [3.63, 3.8) is 0 Å². The Balaban J connectivity index is 2.35. The Labute approximate surface area is 125 Å². The van der Waals surface area contributed by atoms with Crippen molar-refractivity contribution < 1.29 is 8.42 Å². The highest BCUT2D eigenvalue weighted by Gasteiger charge is 2.19. The van der Waals surface area contributed by atoms with Gasteiger partial charge in [0, 0.05) is 10.7 Å². The first kappa shape index (κ1) is 14.4. The molecule has 0 atom stereocenters. The van der Waals surface area contributed by atoms with Crippen LogP contribution in [0.25, 0.3) is 0 Å². The maximum atomic E-state index is 12.1. The van der Waals surface area contributed by atoms with E-state index in [9.17, 15) is 8.42 Å². The van der Waals surface area contributed by atoms with Crippen molar-refractivity contribution in [1.82, 2.24) is 4.98 Å². The molecular formula is C11H7Cl3N2O2S. The molecule has 0 unspecified atom stereocenters. The number of rotatable bonds is 3. The molecular weight excluding hydrogens is 331 g/mol. The number of benzene rings is 1. The molecule has 0 saturated heterocycles. The second-order valence-corrected chi connectivity index (χ2v) is 6.37. The molecule has 0 aliphatic carbocycles. The van der Waals surface area contributed by atoms with Crippen LogP contribution in [0.15, 0.2) is 41.3 Å². The molecule has 1 N–H and O–H groups in total. The fourth-order valence-electron chi connectivity index (χ4n) is 1.33. The van der Waals surface area contributed by atoms with Gasteiger partial charge in [-0.15, -0.1) is 0 Å². The van der Waals surface area contributed by atoms with Crippen molar-refractivity contribution in [2.24, 2.45) is 0 Å².